The summed E-state index contributed by atoms with van der Waals surface area (Å²) in [6.07, 6.45) is -3.20. The maximum atomic E-state index is 12.5. The summed E-state index contributed by atoms with van der Waals surface area (Å²) in [5.41, 5.74) is 1.60. The first-order chi connectivity index (χ1) is 13.3. The minimum atomic E-state index is -4.82. The third kappa shape index (κ3) is 3.96. The second-order valence-corrected chi connectivity index (χ2v) is 7.23. The number of hydrogen-bond donors (Lipinski definition) is 0. The number of imidazole rings is 1. The number of nitrogens with zero attached hydrogens (tertiary/aromatic N) is 5. The van der Waals surface area contributed by atoms with Gasteiger partial charge in [0.25, 0.3) is 0 Å². The molecule has 0 spiro atoms. The fourth-order valence-corrected chi connectivity index (χ4v) is 3.80. The van der Waals surface area contributed by atoms with Gasteiger partial charge in [-0.05, 0) is 18.2 Å². The molecule has 4 rings (SSSR count). The highest BCUT2D eigenvalue weighted by atomic mass is 127. The number of halogens is 5. The largest absolute Gasteiger partial charge is 0.573 e. The molecule has 1 aliphatic rings. The Labute approximate surface area is 175 Å². The van der Waals surface area contributed by atoms with Crippen LogP contribution in [0.3, 0.4) is 0 Å². The highest BCUT2D eigenvalue weighted by Gasteiger charge is 2.32. The van der Waals surface area contributed by atoms with Gasteiger partial charge in [-0.3, -0.25) is 4.57 Å². The van der Waals surface area contributed by atoms with E-state index in [1.54, 1.807) is 10.8 Å². The average Bonchev–Trinajstić information content (AvgIpc) is 2.98. The van der Waals surface area contributed by atoms with Crippen LogP contribution in [-0.2, 0) is 4.74 Å². The number of hydrogen-bond acceptors (Lipinski definition) is 6. The molecule has 1 fully saturated rings. The van der Waals surface area contributed by atoms with Crippen LogP contribution >= 0.6 is 34.2 Å². The van der Waals surface area contributed by atoms with Crippen LogP contribution < -0.4 is 9.64 Å². The molecule has 0 radical (unpaired) electrons. The van der Waals surface area contributed by atoms with Crippen molar-refractivity contribution in [1.82, 2.24) is 19.5 Å². The zero-order chi connectivity index (χ0) is 19.9. The van der Waals surface area contributed by atoms with E-state index in [0.717, 1.165) is 6.07 Å². The molecular formula is C16H12ClF3IN5O2. The predicted octanol–water partition coefficient (Wildman–Crippen LogP) is 3.81. The lowest BCUT2D eigenvalue weighted by atomic mass is 10.3. The lowest BCUT2D eigenvalue weighted by Crippen LogP contribution is -2.37. The van der Waals surface area contributed by atoms with Crippen LogP contribution in [0.15, 0.2) is 24.4 Å². The Hall–Kier alpha value is -1.86. The molecular weight excluding hydrogens is 514 g/mol. The van der Waals surface area contributed by atoms with Gasteiger partial charge in [-0.1, -0.05) is 11.6 Å². The fourth-order valence-electron chi connectivity index (χ4n) is 2.82. The molecule has 3 aromatic rings. The highest BCUT2D eigenvalue weighted by molar-refractivity contribution is 14.1. The van der Waals surface area contributed by atoms with Crippen molar-refractivity contribution in [2.24, 2.45) is 0 Å². The van der Waals surface area contributed by atoms with Gasteiger partial charge in [0.15, 0.2) is 9.48 Å². The standard InChI is InChI=1S/C16H12ClF3IN5O2/c17-10-7-9(1-2-12(10)28-16(18,19)20)26-13-11(23-14(26)21)8-22-15(24-13)25-3-5-27-6-4-25/h1-2,7-8H,3-6H2. The van der Waals surface area contributed by atoms with Gasteiger partial charge in [-0.15, -0.1) is 13.2 Å². The second-order valence-electron chi connectivity index (χ2n) is 5.86. The molecule has 148 valence electrons. The average molecular weight is 526 g/mol. The predicted molar refractivity (Wildman–Crippen MR) is 104 cm³/mol. The Morgan fingerprint density at radius 1 is 1.18 bits per heavy atom. The van der Waals surface area contributed by atoms with E-state index >= 15 is 0 Å². The van der Waals surface area contributed by atoms with Gasteiger partial charge < -0.3 is 14.4 Å². The van der Waals surface area contributed by atoms with Crippen molar-refractivity contribution in [3.05, 3.63) is 33.2 Å². The molecule has 0 saturated carbocycles. The molecule has 0 aliphatic carbocycles. The van der Waals surface area contributed by atoms with Crippen molar-refractivity contribution in [3.63, 3.8) is 0 Å². The van der Waals surface area contributed by atoms with E-state index in [1.165, 1.54) is 12.1 Å². The van der Waals surface area contributed by atoms with Gasteiger partial charge >= 0.3 is 6.36 Å². The Bertz CT molecular complexity index is 1020. The van der Waals surface area contributed by atoms with Gasteiger partial charge in [0.05, 0.1) is 30.1 Å². The number of morpholine rings is 1. The van der Waals surface area contributed by atoms with Crippen molar-refractivity contribution in [3.8, 4) is 11.4 Å². The first kappa shape index (κ1) is 19.5. The molecule has 3 heterocycles. The number of rotatable bonds is 3. The molecule has 12 heteroatoms. The minimum Gasteiger partial charge on any atom is -0.404 e. The third-order valence-corrected chi connectivity index (χ3v) is 5.06. The first-order valence-corrected chi connectivity index (χ1v) is 9.57. The number of aromatic nitrogens is 4. The lowest BCUT2D eigenvalue weighted by molar-refractivity contribution is -0.274. The van der Waals surface area contributed by atoms with Crippen molar-refractivity contribution < 1.29 is 22.6 Å². The molecule has 1 aromatic carbocycles. The van der Waals surface area contributed by atoms with Crippen LogP contribution in [-0.4, -0.2) is 52.2 Å². The summed E-state index contributed by atoms with van der Waals surface area (Å²) in [5, 5.41) is -0.171. The number of fused-ring (bicyclic) bond motifs is 1. The van der Waals surface area contributed by atoms with Gasteiger partial charge in [0.1, 0.15) is 11.3 Å². The molecule has 1 saturated heterocycles. The topological polar surface area (TPSA) is 65.3 Å². The van der Waals surface area contributed by atoms with Gasteiger partial charge in [0, 0.05) is 35.7 Å². The van der Waals surface area contributed by atoms with Crippen LogP contribution in [0.1, 0.15) is 0 Å². The summed E-state index contributed by atoms with van der Waals surface area (Å²) >= 11 is 8.01. The Morgan fingerprint density at radius 3 is 2.61 bits per heavy atom. The van der Waals surface area contributed by atoms with Crippen molar-refractivity contribution in [2.75, 3.05) is 31.2 Å². The number of ether oxygens (including phenoxy) is 2. The zero-order valence-corrected chi connectivity index (χ0v) is 17.0. The maximum absolute atomic E-state index is 12.5. The monoisotopic (exact) mass is 525 g/mol. The van der Waals surface area contributed by atoms with Crippen molar-refractivity contribution >= 4 is 51.3 Å². The van der Waals surface area contributed by atoms with Crippen molar-refractivity contribution in [1.29, 1.82) is 0 Å². The summed E-state index contributed by atoms with van der Waals surface area (Å²) < 4.78 is 48.9. The van der Waals surface area contributed by atoms with E-state index in [0.29, 0.717) is 52.9 Å². The van der Waals surface area contributed by atoms with Gasteiger partial charge in [-0.25, -0.2) is 9.97 Å². The van der Waals surface area contributed by atoms with E-state index in [4.69, 9.17) is 16.3 Å². The first-order valence-electron chi connectivity index (χ1n) is 8.11. The lowest BCUT2D eigenvalue weighted by Gasteiger charge is -2.26. The summed E-state index contributed by atoms with van der Waals surface area (Å²) in [6.45, 7) is 2.53. The normalized spacial score (nSPS) is 15.2. The van der Waals surface area contributed by atoms with Crippen LogP contribution in [0.25, 0.3) is 16.9 Å². The number of alkyl halides is 3. The summed E-state index contributed by atoms with van der Waals surface area (Å²) in [5.74, 6) is 0.0671. The van der Waals surface area contributed by atoms with Gasteiger partial charge in [-0.2, -0.15) is 4.98 Å². The van der Waals surface area contributed by atoms with E-state index < -0.39 is 12.1 Å². The van der Waals surface area contributed by atoms with Gasteiger partial charge in [0.2, 0.25) is 5.95 Å². The quantitative estimate of drug-likeness (QED) is 0.383. The molecule has 0 amide bonds. The fraction of sp³-hybridized carbons (Fsp3) is 0.312. The maximum Gasteiger partial charge on any atom is 0.573 e. The SMILES string of the molecule is FC(F)(F)Oc1ccc(-n2c(I)nc3cnc(N4CCOCC4)nc32)cc1Cl. The second kappa shape index (κ2) is 7.52. The molecule has 0 unspecified atom stereocenters. The molecule has 0 atom stereocenters. The molecule has 1 aliphatic heterocycles. The smallest absolute Gasteiger partial charge is 0.404 e. The molecule has 0 N–H and O–H groups in total. The van der Waals surface area contributed by atoms with E-state index in [1.807, 2.05) is 27.5 Å². The highest BCUT2D eigenvalue weighted by Crippen LogP contribution is 2.33. The summed E-state index contributed by atoms with van der Waals surface area (Å²) in [4.78, 5) is 15.4. The van der Waals surface area contributed by atoms with Crippen LogP contribution in [0.5, 0.6) is 5.75 Å². The number of anilines is 1. The molecule has 0 bridgehead atoms. The Kier molecular flexibility index (Phi) is 5.22. The molecule has 2 aromatic heterocycles. The summed E-state index contributed by atoms with van der Waals surface area (Å²) in [6, 6.07) is 4.01. The van der Waals surface area contributed by atoms with Crippen LogP contribution in [0.2, 0.25) is 5.02 Å². The molecule has 7 nitrogen and oxygen atoms in total. The van der Waals surface area contributed by atoms with E-state index in [9.17, 15) is 13.2 Å². The van der Waals surface area contributed by atoms with Crippen molar-refractivity contribution in [2.45, 2.75) is 6.36 Å². The van der Waals surface area contributed by atoms with E-state index in [2.05, 4.69) is 19.7 Å². The number of benzene rings is 1. The minimum absolute atomic E-state index is 0.171. The van der Waals surface area contributed by atoms with E-state index in [-0.39, 0.29) is 5.02 Å². The van der Waals surface area contributed by atoms with Crippen LogP contribution in [0.4, 0.5) is 19.1 Å². The molecule has 28 heavy (non-hydrogen) atoms. The summed E-state index contributed by atoms with van der Waals surface area (Å²) in [7, 11) is 0. The Morgan fingerprint density at radius 2 is 1.93 bits per heavy atom. The van der Waals surface area contributed by atoms with Crippen LogP contribution in [0, 0.1) is 3.83 Å². The Balaban J connectivity index is 1.75. The third-order valence-electron chi connectivity index (χ3n) is 4.04. The zero-order valence-electron chi connectivity index (χ0n) is 14.1.